The number of hydrogen-bond donors (Lipinski definition) is 1. The largest absolute Gasteiger partial charge is 0.519 e. The number of nitro groups is 1. The second-order valence-electron chi connectivity index (χ2n) is 5.38. The van der Waals surface area contributed by atoms with Crippen molar-refractivity contribution in [2.45, 2.75) is 6.92 Å². The second kappa shape index (κ2) is 7.12. The van der Waals surface area contributed by atoms with Crippen molar-refractivity contribution in [1.82, 2.24) is 9.97 Å². The molecule has 1 heterocycles. The minimum Gasteiger partial charge on any atom is -0.493 e. The van der Waals surface area contributed by atoms with Crippen LogP contribution in [0.25, 0.3) is 10.9 Å². The molecule has 0 aliphatic heterocycles. The van der Waals surface area contributed by atoms with Crippen LogP contribution in [0.15, 0.2) is 41.2 Å². The van der Waals surface area contributed by atoms with Crippen LogP contribution in [0.1, 0.15) is 5.82 Å². The van der Waals surface area contributed by atoms with E-state index >= 15 is 0 Å². The highest BCUT2D eigenvalue weighted by Gasteiger charge is 2.16. The van der Waals surface area contributed by atoms with Gasteiger partial charge in [0.2, 0.25) is 0 Å². The number of methoxy groups -OCH3 is 1. The Balaban J connectivity index is 1.85. The zero-order valence-electron chi connectivity index (χ0n) is 14.2. The lowest BCUT2D eigenvalue weighted by atomic mass is 10.2. The van der Waals surface area contributed by atoms with Crippen molar-refractivity contribution in [3.05, 3.63) is 62.7 Å². The number of H-pyrrole nitrogens is 1. The number of aryl methyl sites for hydroxylation is 1. The third-order valence-electron chi connectivity index (χ3n) is 3.55. The first-order valence-corrected chi connectivity index (χ1v) is 7.60. The average molecular weight is 371 g/mol. The van der Waals surface area contributed by atoms with E-state index < -0.39 is 16.6 Å². The van der Waals surface area contributed by atoms with Crippen LogP contribution in [0, 0.1) is 17.0 Å². The second-order valence-corrected chi connectivity index (χ2v) is 5.38. The fraction of sp³-hybridized carbons (Fsp3) is 0.118. The predicted octanol–water partition coefficient (Wildman–Crippen LogP) is 2.73. The lowest BCUT2D eigenvalue weighted by Gasteiger charge is -2.10. The van der Waals surface area contributed by atoms with Gasteiger partial charge in [0.05, 0.1) is 22.9 Å². The summed E-state index contributed by atoms with van der Waals surface area (Å²) in [5.74, 6) is 0.634. The molecule has 10 nitrogen and oxygen atoms in total. The molecule has 138 valence electrons. The van der Waals surface area contributed by atoms with E-state index in [-0.39, 0.29) is 28.3 Å². The van der Waals surface area contributed by atoms with Crippen LogP contribution >= 0.6 is 0 Å². The number of nitrogens with zero attached hydrogens (tertiary/aromatic N) is 2. The van der Waals surface area contributed by atoms with Crippen molar-refractivity contribution in [3.63, 3.8) is 0 Å². The van der Waals surface area contributed by atoms with Gasteiger partial charge < -0.3 is 19.2 Å². The molecule has 0 atom stereocenters. The quantitative estimate of drug-likeness (QED) is 0.320. The van der Waals surface area contributed by atoms with Crippen LogP contribution in [-0.2, 0) is 0 Å². The van der Waals surface area contributed by atoms with Gasteiger partial charge in [-0.2, -0.15) is 0 Å². The van der Waals surface area contributed by atoms with Crippen molar-refractivity contribution >= 4 is 22.7 Å². The molecule has 1 aromatic heterocycles. The summed E-state index contributed by atoms with van der Waals surface area (Å²) in [4.78, 5) is 40.9. The fourth-order valence-electron chi connectivity index (χ4n) is 2.35. The number of nitro benzene ring substituents is 1. The molecule has 1 N–H and O–H groups in total. The maximum Gasteiger partial charge on any atom is 0.519 e. The van der Waals surface area contributed by atoms with Crippen LogP contribution in [0.2, 0.25) is 0 Å². The Bertz CT molecular complexity index is 1090. The van der Waals surface area contributed by atoms with Gasteiger partial charge in [-0.05, 0) is 25.1 Å². The number of aromatic nitrogens is 2. The number of non-ortho nitro benzene ring substituents is 1. The minimum atomic E-state index is -1.10. The van der Waals surface area contributed by atoms with E-state index in [0.29, 0.717) is 11.3 Å². The van der Waals surface area contributed by atoms with Gasteiger partial charge in [0.25, 0.3) is 11.2 Å². The van der Waals surface area contributed by atoms with Gasteiger partial charge in [0, 0.05) is 18.2 Å². The predicted molar refractivity (Wildman–Crippen MR) is 93.4 cm³/mol. The minimum absolute atomic E-state index is 0.0342. The van der Waals surface area contributed by atoms with Crippen molar-refractivity contribution in [2.75, 3.05) is 7.11 Å². The van der Waals surface area contributed by atoms with Crippen molar-refractivity contribution in [2.24, 2.45) is 0 Å². The number of carbonyl (C=O) groups excluding carboxylic acids is 1. The Morgan fingerprint density at radius 3 is 2.48 bits per heavy atom. The van der Waals surface area contributed by atoms with E-state index in [1.807, 2.05) is 0 Å². The van der Waals surface area contributed by atoms with Crippen LogP contribution in [-0.4, -0.2) is 28.2 Å². The van der Waals surface area contributed by atoms with E-state index in [9.17, 15) is 19.7 Å². The third-order valence-corrected chi connectivity index (χ3v) is 3.55. The fourth-order valence-corrected chi connectivity index (χ4v) is 2.35. The maximum atomic E-state index is 12.1. The van der Waals surface area contributed by atoms with Crippen molar-refractivity contribution in [3.8, 4) is 17.2 Å². The summed E-state index contributed by atoms with van der Waals surface area (Å²) in [7, 11) is 1.37. The topological polar surface area (TPSA) is 134 Å². The number of aromatic amines is 1. The molecular formula is C17H13N3O7. The normalized spacial score (nSPS) is 10.4. The summed E-state index contributed by atoms with van der Waals surface area (Å²) >= 11 is 0. The maximum absolute atomic E-state index is 12.1. The Morgan fingerprint density at radius 2 is 1.85 bits per heavy atom. The molecule has 0 saturated carbocycles. The highest BCUT2D eigenvalue weighted by atomic mass is 16.7. The molecular weight excluding hydrogens is 358 g/mol. The van der Waals surface area contributed by atoms with E-state index in [1.165, 1.54) is 43.5 Å². The Labute approximate surface area is 151 Å². The Morgan fingerprint density at radius 1 is 1.15 bits per heavy atom. The number of hydrogen-bond acceptors (Lipinski definition) is 8. The van der Waals surface area contributed by atoms with Gasteiger partial charge in [-0.15, -0.1) is 0 Å². The number of ether oxygens (including phenoxy) is 3. The van der Waals surface area contributed by atoms with Crippen LogP contribution < -0.4 is 19.8 Å². The highest BCUT2D eigenvalue weighted by molar-refractivity contribution is 5.83. The number of nitrogens with one attached hydrogen (secondary N) is 1. The summed E-state index contributed by atoms with van der Waals surface area (Å²) in [6.45, 7) is 1.64. The molecule has 3 aromatic rings. The zero-order chi connectivity index (χ0) is 19.6. The first-order valence-electron chi connectivity index (χ1n) is 7.60. The van der Waals surface area contributed by atoms with E-state index in [0.717, 1.165) is 0 Å². The highest BCUT2D eigenvalue weighted by Crippen LogP contribution is 2.31. The lowest BCUT2D eigenvalue weighted by Crippen LogP contribution is -2.15. The molecule has 0 aliphatic carbocycles. The summed E-state index contributed by atoms with van der Waals surface area (Å²) in [6, 6.07) is 7.67. The van der Waals surface area contributed by atoms with Gasteiger partial charge in [-0.1, -0.05) is 0 Å². The molecule has 0 unspecified atom stereocenters. The van der Waals surface area contributed by atoms with Gasteiger partial charge >= 0.3 is 6.16 Å². The Kier molecular flexibility index (Phi) is 4.71. The molecule has 10 heteroatoms. The van der Waals surface area contributed by atoms with E-state index in [1.54, 1.807) is 6.92 Å². The van der Waals surface area contributed by atoms with E-state index in [4.69, 9.17) is 14.2 Å². The molecule has 0 spiro atoms. The van der Waals surface area contributed by atoms with Gasteiger partial charge in [0.15, 0.2) is 11.5 Å². The summed E-state index contributed by atoms with van der Waals surface area (Å²) in [5.41, 5.74) is -0.160. The number of carbonyl (C=O) groups is 1. The van der Waals surface area contributed by atoms with Gasteiger partial charge in [-0.25, -0.2) is 9.78 Å². The molecule has 0 bridgehead atoms. The van der Waals surface area contributed by atoms with Crippen molar-refractivity contribution in [1.29, 1.82) is 0 Å². The number of rotatable bonds is 4. The number of benzene rings is 2. The summed E-state index contributed by atoms with van der Waals surface area (Å²) in [5, 5.41) is 10.8. The van der Waals surface area contributed by atoms with Crippen LogP contribution in [0.3, 0.4) is 0 Å². The number of fused-ring (bicyclic) bond motifs is 1. The zero-order valence-corrected chi connectivity index (χ0v) is 14.2. The molecule has 3 rings (SSSR count). The third kappa shape index (κ3) is 3.84. The molecule has 2 aromatic carbocycles. The van der Waals surface area contributed by atoms with Crippen molar-refractivity contribution < 1.29 is 23.9 Å². The molecule has 0 fully saturated rings. The lowest BCUT2D eigenvalue weighted by molar-refractivity contribution is -0.384. The average Bonchev–Trinajstić information content (AvgIpc) is 2.62. The van der Waals surface area contributed by atoms with Crippen LogP contribution in [0.5, 0.6) is 17.2 Å². The summed E-state index contributed by atoms with van der Waals surface area (Å²) < 4.78 is 15.3. The SMILES string of the molecule is COc1cc2nc(C)[nH]c(=O)c2cc1OC(=O)Oc1ccc([N+](=O)[O-])cc1. The van der Waals surface area contributed by atoms with Crippen LogP contribution in [0.4, 0.5) is 10.5 Å². The first kappa shape index (κ1) is 17.9. The van der Waals surface area contributed by atoms with Gasteiger partial charge in [0.1, 0.15) is 11.6 Å². The smallest absolute Gasteiger partial charge is 0.493 e. The summed E-state index contributed by atoms with van der Waals surface area (Å²) in [6.07, 6.45) is -1.10. The van der Waals surface area contributed by atoms with Gasteiger partial charge in [-0.3, -0.25) is 14.9 Å². The molecule has 0 aliphatic rings. The van der Waals surface area contributed by atoms with E-state index in [2.05, 4.69) is 9.97 Å². The Hall–Kier alpha value is -3.95. The monoisotopic (exact) mass is 371 g/mol. The molecule has 0 saturated heterocycles. The standard InChI is InChI=1S/C17H13N3O7/c1-9-18-13-8-14(25-2)15(7-12(13)16(21)19-9)27-17(22)26-11-5-3-10(4-6-11)20(23)24/h3-8H,1-2H3,(H,18,19,21). The molecule has 0 amide bonds. The molecule has 0 radical (unpaired) electrons. The molecule has 27 heavy (non-hydrogen) atoms. The first-order chi connectivity index (χ1) is 12.9.